The van der Waals surface area contributed by atoms with Crippen molar-refractivity contribution in [2.45, 2.75) is 13.3 Å². The van der Waals surface area contributed by atoms with Crippen LogP contribution in [-0.2, 0) is 0 Å². The molecule has 2 rings (SSSR count). The highest BCUT2D eigenvalue weighted by Gasteiger charge is 2.04. The van der Waals surface area contributed by atoms with Gasteiger partial charge in [-0.15, -0.1) is 0 Å². The normalized spacial score (nSPS) is 10.3. The lowest BCUT2D eigenvalue weighted by molar-refractivity contribution is 0.0953. The summed E-state index contributed by atoms with van der Waals surface area (Å²) in [6.45, 7) is 3.09. The van der Waals surface area contributed by atoms with E-state index >= 15 is 0 Å². The van der Waals surface area contributed by atoms with Crippen LogP contribution in [0.2, 0.25) is 0 Å². The van der Waals surface area contributed by atoms with Crippen LogP contribution >= 0.6 is 11.5 Å². The molecular formula is C13H15FN4OS. The van der Waals surface area contributed by atoms with E-state index < -0.39 is 0 Å². The van der Waals surface area contributed by atoms with Gasteiger partial charge in [-0.05, 0) is 37.6 Å². The number of halogens is 1. The second-order valence-electron chi connectivity index (χ2n) is 4.19. The Morgan fingerprint density at radius 3 is 2.70 bits per heavy atom. The van der Waals surface area contributed by atoms with E-state index in [4.69, 9.17) is 0 Å². The van der Waals surface area contributed by atoms with E-state index in [1.165, 1.54) is 35.8 Å². The summed E-state index contributed by atoms with van der Waals surface area (Å²) in [5, 5.41) is 6.69. The number of aryl methyl sites for hydroxylation is 1. The zero-order valence-electron chi connectivity index (χ0n) is 11.0. The van der Waals surface area contributed by atoms with Crippen LogP contribution in [0.25, 0.3) is 0 Å². The lowest BCUT2D eigenvalue weighted by atomic mass is 10.2. The second-order valence-corrected chi connectivity index (χ2v) is 4.94. The molecule has 0 spiro atoms. The van der Waals surface area contributed by atoms with Gasteiger partial charge in [-0.25, -0.2) is 9.37 Å². The number of aromatic nitrogens is 2. The first kappa shape index (κ1) is 14.4. The van der Waals surface area contributed by atoms with Gasteiger partial charge < -0.3 is 10.6 Å². The van der Waals surface area contributed by atoms with Crippen molar-refractivity contribution < 1.29 is 9.18 Å². The Labute approximate surface area is 120 Å². The molecule has 2 aromatic rings. The number of benzene rings is 1. The smallest absolute Gasteiger partial charge is 0.251 e. The van der Waals surface area contributed by atoms with Crippen LogP contribution in [0.1, 0.15) is 22.6 Å². The first-order chi connectivity index (χ1) is 9.65. The van der Waals surface area contributed by atoms with Gasteiger partial charge in [0.2, 0.25) is 5.13 Å². The number of carbonyl (C=O) groups is 1. The van der Waals surface area contributed by atoms with Crippen LogP contribution in [0.5, 0.6) is 0 Å². The van der Waals surface area contributed by atoms with E-state index in [-0.39, 0.29) is 11.7 Å². The van der Waals surface area contributed by atoms with Crippen molar-refractivity contribution in [3.63, 3.8) is 0 Å². The molecule has 0 bridgehead atoms. The van der Waals surface area contributed by atoms with Gasteiger partial charge in [0.1, 0.15) is 11.6 Å². The van der Waals surface area contributed by atoms with Crippen molar-refractivity contribution >= 4 is 22.6 Å². The van der Waals surface area contributed by atoms with Crippen LogP contribution in [-0.4, -0.2) is 28.4 Å². The molecular weight excluding hydrogens is 279 g/mol. The third-order valence-corrected chi connectivity index (χ3v) is 3.31. The monoisotopic (exact) mass is 294 g/mol. The maximum Gasteiger partial charge on any atom is 0.251 e. The van der Waals surface area contributed by atoms with Gasteiger partial charge in [0.05, 0.1) is 0 Å². The third kappa shape index (κ3) is 4.27. The minimum Gasteiger partial charge on any atom is -0.360 e. The Bertz CT molecular complexity index is 570. The lowest BCUT2D eigenvalue weighted by Crippen LogP contribution is -2.25. The summed E-state index contributed by atoms with van der Waals surface area (Å²) in [6.07, 6.45) is 0.769. The molecule has 1 heterocycles. The predicted octanol–water partition coefficient (Wildman–Crippen LogP) is 2.22. The second kappa shape index (κ2) is 6.95. The molecule has 1 aromatic heterocycles. The van der Waals surface area contributed by atoms with Crippen molar-refractivity contribution in [2.24, 2.45) is 0 Å². The third-order valence-electron chi connectivity index (χ3n) is 2.55. The summed E-state index contributed by atoms with van der Waals surface area (Å²) >= 11 is 1.32. The highest BCUT2D eigenvalue weighted by Crippen LogP contribution is 2.09. The first-order valence-electron chi connectivity index (χ1n) is 6.23. The molecule has 20 heavy (non-hydrogen) atoms. The maximum absolute atomic E-state index is 12.7. The van der Waals surface area contributed by atoms with Crippen LogP contribution in [0.3, 0.4) is 0 Å². The van der Waals surface area contributed by atoms with Gasteiger partial charge in [0.15, 0.2) is 0 Å². The SMILES string of the molecule is Cc1nsc(NCCCNC(=O)c2ccc(F)cc2)n1. The van der Waals surface area contributed by atoms with Crippen LogP contribution in [0.4, 0.5) is 9.52 Å². The van der Waals surface area contributed by atoms with Crippen molar-refractivity contribution in [2.75, 3.05) is 18.4 Å². The first-order valence-corrected chi connectivity index (χ1v) is 7.00. The van der Waals surface area contributed by atoms with Crippen molar-refractivity contribution in [3.8, 4) is 0 Å². The average molecular weight is 294 g/mol. The number of rotatable bonds is 6. The fourth-order valence-electron chi connectivity index (χ4n) is 1.56. The average Bonchev–Trinajstić information content (AvgIpc) is 2.84. The molecule has 1 amide bonds. The summed E-state index contributed by atoms with van der Waals surface area (Å²) in [4.78, 5) is 15.9. The molecule has 0 aliphatic heterocycles. The summed E-state index contributed by atoms with van der Waals surface area (Å²) in [5.74, 6) is 0.206. The largest absolute Gasteiger partial charge is 0.360 e. The molecule has 2 N–H and O–H groups in total. The number of nitrogens with one attached hydrogen (secondary N) is 2. The molecule has 5 nitrogen and oxygen atoms in total. The molecule has 1 aromatic carbocycles. The van der Waals surface area contributed by atoms with Gasteiger partial charge in [0, 0.05) is 30.2 Å². The van der Waals surface area contributed by atoms with Gasteiger partial charge >= 0.3 is 0 Å². The molecule has 0 fully saturated rings. The molecule has 0 aliphatic carbocycles. The summed E-state index contributed by atoms with van der Waals surface area (Å²) < 4.78 is 16.8. The number of carbonyl (C=O) groups excluding carboxylic acids is 1. The lowest BCUT2D eigenvalue weighted by Gasteiger charge is -2.05. The minimum atomic E-state index is -0.349. The molecule has 106 valence electrons. The molecule has 0 aliphatic rings. The summed E-state index contributed by atoms with van der Waals surface area (Å²) in [5.41, 5.74) is 0.458. The Kier molecular flexibility index (Phi) is 5.00. The summed E-state index contributed by atoms with van der Waals surface area (Å²) in [7, 11) is 0. The Balaban J connectivity index is 1.65. The minimum absolute atomic E-state index is 0.197. The van der Waals surface area contributed by atoms with E-state index in [1.54, 1.807) is 0 Å². The van der Waals surface area contributed by atoms with E-state index in [0.29, 0.717) is 18.7 Å². The molecule has 0 radical (unpaired) electrons. The highest BCUT2D eigenvalue weighted by molar-refractivity contribution is 7.09. The van der Waals surface area contributed by atoms with Crippen LogP contribution in [0, 0.1) is 12.7 Å². The fourth-order valence-corrected chi connectivity index (χ4v) is 2.16. The summed E-state index contributed by atoms with van der Waals surface area (Å²) in [6, 6.07) is 5.47. The Morgan fingerprint density at radius 2 is 2.05 bits per heavy atom. The van der Waals surface area contributed by atoms with Gasteiger partial charge in [-0.3, -0.25) is 4.79 Å². The van der Waals surface area contributed by atoms with Gasteiger partial charge in [-0.1, -0.05) is 0 Å². The Morgan fingerprint density at radius 1 is 1.30 bits per heavy atom. The number of nitrogens with zero attached hydrogens (tertiary/aromatic N) is 2. The number of anilines is 1. The van der Waals surface area contributed by atoms with E-state index in [9.17, 15) is 9.18 Å². The molecule has 7 heteroatoms. The zero-order valence-corrected chi connectivity index (χ0v) is 11.8. The van der Waals surface area contributed by atoms with E-state index in [2.05, 4.69) is 20.0 Å². The van der Waals surface area contributed by atoms with Crippen molar-refractivity contribution in [1.82, 2.24) is 14.7 Å². The maximum atomic E-state index is 12.7. The zero-order chi connectivity index (χ0) is 14.4. The van der Waals surface area contributed by atoms with Gasteiger partial charge in [0.25, 0.3) is 5.91 Å². The number of hydrogen-bond donors (Lipinski definition) is 2. The fraction of sp³-hybridized carbons (Fsp3) is 0.308. The predicted molar refractivity (Wildman–Crippen MR) is 76.5 cm³/mol. The van der Waals surface area contributed by atoms with E-state index in [0.717, 1.165) is 17.4 Å². The Hall–Kier alpha value is -2.02. The van der Waals surface area contributed by atoms with Crippen LogP contribution in [0.15, 0.2) is 24.3 Å². The molecule has 0 saturated heterocycles. The number of amides is 1. The van der Waals surface area contributed by atoms with Crippen LogP contribution < -0.4 is 10.6 Å². The molecule has 0 saturated carbocycles. The molecule has 0 atom stereocenters. The van der Waals surface area contributed by atoms with E-state index in [1.807, 2.05) is 6.92 Å². The standard InChI is InChI=1S/C13H15FN4OS/c1-9-17-13(20-18-9)16-8-2-7-15-12(19)10-3-5-11(14)6-4-10/h3-6H,2,7-8H2,1H3,(H,15,19)(H,16,17,18). The molecule has 0 unspecified atom stereocenters. The quantitative estimate of drug-likeness (QED) is 0.802. The number of hydrogen-bond acceptors (Lipinski definition) is 5. The van der Waals surface area contributed by atoms with Crippen molar-refractivity contribution in [1.29, 1.82) is 0 Å². The van der Waals surface area contributed by atoms with Crippen molar-refractivity contribution in [3.05, 3.63) is 41.5 Å². The topological polar surface area (TPSA) is 66.9 Å². The van der Waals surface area contributed by atoms with Gasteiger partial charge in [-0.2, -0.15) is 4.37 Å². The highest BCUT2D eigenvalue weighted by atomic mass is 32.1.